The molecule has 2 heterocycles. The van der Waals surface area contributed by atoms with Gasteiger partial charge in [-0.25, -0.2) is 4.79 Å². The molecule has 2 saturated heterocycles. The van der Waals surface area contributed by atoms with Gasteiger partial charge in [0.1, 0.15) is 0 Å². The molecular formula is C16H21Cl2N3O2. The van der Waals surface area contributed by atoms with E-state index >= 15 is 0 Å². The minimum atomic E-state index is -0.0971. The number of carbonyl (C=O) groups is 1. The van der Waals surface area contributed by atoms with Crippen LogP contribution in [0.2, 0.25) is 10.0 Å². The first-order chi connectivity index (χ1) is 11.1. The van der Waals surface area contributed by atoms with Crippen LogP contribution in [-0.4, -0.2) is 61.3 Å². The molecule has 3 rings (SSSR count). The van der Waals surface area contributed by atoms with Crippen LogP contribution >= 0.6 is 23.2 Å². The van der Waals surface area contributed by atoms with Gasteiger partial charge in [0.2, 0.25) is 0 Å². The van der Waals surface area contributed by atoms with Crippen LogP contribution in [0.1, 0.15) is 12.8 Å². The van der Waals surface area contributed by atoms with Crippen molar-refractivity contribution in [1.82, 2.24) is 9.80 Å². The maximum Gasteiger partial charge on any atom is 0.321 e. The largest absolute Gasteiger partial charge is 0.377 e. The number of nitrogens with zero attached hydrogens (tertiary/aromatic N) is 2. The summed E-state index contributed by atoms with van der Waals surface area (Å²) in [7, 11) is 0. The number of carbonyl (C=O) groups excluding carboxylic acids is 1. The average Bonchev–Trinajstić information content (AvgIpc) is 3.04. The van der Waals surface area contributed by atoms with Crippen molar-refractivity contribution in [2.24, 2.45) is 0 Å². The van der Waals surface area contributed by atoms with Gasteiger partial charge in [-0.15, -0.1) is 0 Å². The summed E-state index contributed by atoms with van der Waals surface area (Å²) < 4.78 is 5.67. The molecule has 0 radical (unpaired) electrons. The van der Waals surface area contributed by atoms with E-state index in [1.165, 1.54) is 0 Å². The van der Waals surface area contributed by atoms with Crippen LogP contribution in [-0.2, 0) is 4.74 Å². The molecule has 1 N–H and O–H groups in total. The minimum Gasteiger partial charge on any atom is -0.377 e. The Morgan fingerprint density at radius 2 is 2.00 bits per heavy atom. The second kappa shape index (κ2) is 7.71. The predicted molar refractivity (Wildman–Crippen MR) is 92.5 cm³/mol. The highest BCUT2D eigenvalue weighted by atomic mass is 35.5. The minimum absolute atomic E-state index is 0.0971. The number of hydrogen-bond donors (Lipinski definition) is 1. The Kier molecular flexibility index (Phi) is 5.64. The Morgan fingerprint density at radius 1 is 1.22 bits per heavy atom. The van der Waals surface area contributed by atoms with Crippen molar-refractivity contribution in [2.75, 3.05) is 44.6 Å². The van der Waals surface area contributed by atoms with Gasteiger partial charge in [-0.05, 0) is 31.0 Å². The molecule has 23 heavy (non-hydrogen) atoms. The fourth-order valence-electron chi connectivity index (χ4n) is 2.99. The van der Waals surface area contributed by atoms with Crippen LogP contribution in [0.4, 0.5) is 10.5 Å². The van der Waals surface area contributed by atoms with Crippen LogP contribution in [0.3, 0.4) is 0 Å². The zero-order chi connectivity index (χ0) is 16.2. The molecular weight excluding hydrogens is 337 g/mol. The SMILES string of the molecule is O=C(Nc1ccc(Cl)c(Cl)c1)N1CCN(C[C@H]2CCCO2)CC1. The Balaban J connectivity index is 1.46. The molecule has 2 aliphatic heterocycles. The molecule has 1 aromatic rings. The second-order valence-corrected chi connectivity index (χ2v) is 6.80. The fourth-order valence-corrected chi connectivity index (χ4v) is 3.28. The summed E-state index contributed by atoms with van der Waals surface area (Å²) in [5.41, 5.74) is 0.659. The van der Waals surface area contributed by atoms with Crippen LogP contribution in [0.5, 0.6) is 0 Å². The van der Waals surface area contributed by atoms with Crippen LogP contribution in [0, 0.1) is 0 Å². The zero-order valence-corrected chi connectivity index (χ0v) is 14.4. The molecule has 0 spiro atoms. The Bertz CT molecular complexity index is 556. The summed E-state index contributed by atoms with van der Waals surface area (Å²) in [4.78, 5) is 16.5. The summed E-state index contributed by atoms with van der Waals surface area (Å²) in [6, 6.07) is 4.99. The van der Waals surface area contributed by atoms with Crippen molar-refractivity contribution in [2.45, 2.75) is 18.9 Å². The molecule has 0 aromatic heterocycles. The Morgan fingerprint density at radius 3 is 2.65 bits per heavy atom. The third-order valence-electron chi connectivity index (χ3n) is 4.32. The van der Waals surface area contributed by atoms with Gasteiger partial charge in [0, 0.05) is 45.0 Å². The number of nitrogens with one attached hydrogen (secondary N) is 1. The van der Waals surface area contributed by atoms with Crippen molar-refractivity contribution in [1.29, 1.82) is 0 Å². The maximum absolute atomic E-state index is 12.3. The number of benzene rings is 1. The highest BCUT2D eigenvalue weighted by Crippen LogP contribution is 2.25. The number of halogens is 2. The lowest BCUT2D eigenvalue weighted by molar-refractivity contribution is 0.0572. The lowest BCUT2D eigenvalue weighted by Gasteiger charge is -2.35. The molecule has 126 valence electrons. The molecule has 2 amide bonds. The molecule has 2 fully saturated rings. The molecule has 1 aromatic carbocycles. The van der Waals surface area contributed by atoms with E-state index < -0.39 is 0 Å². The van der Waals surface area contributed by atoms with E-state index in [-0.39, 0.29) is 6.03 Å². The summed E-state index contributed by atoms with van der Waals surface area (Å²) in [6.45, 7) is 5.07. The number of ether oxygens (including phenoxy) is 1. The van der Waals surface area contributed by atoms with E-state index in [4.69, 9.17) is 27.9 Å². The molecule has 7 heteroatoms. The van der Waals surface area contributed by atoms with Gasteiger partial charge >= 0.3 is 6.03 Å². The number of hydrogen-bond acceptors (Lipinski definition) is 3. The van der Waals surface area contributed by atoms with E-state index in [1.807, 2.05) is 4.90 Å². The molecule has 0 saturated carbocycles. The van der Waals surface area contributed by atoms with E-state index in [9.17, 15) is 4.79 Å². The van der Waals surface area contributed by atoms with Crippen LogP contribution in [0.25, 0.3) is 0 Å². The first-order valence-corrected chi connectivity index (χ1v) is 8.72. The third-order valence-corrected chi connectivity index (χ3v) is 5.06. The van der Waals surface area contributed by atoms with E-state index in [0.717, 1.165) is 52.2 Å². The lowest BCUT2D eigenvalue weighted by atomic mass is 10.2. The average molecular weight is 358 g/mol. The Hall–Kier alpha value is -1.01. The second-order valence-electron chi connectivity index (χ2n) is 5.98. The number of rotatable bonds is 3. The van der Waals surface area contributed by atoms with Crippen molar-refractivity contribution in [3.8, 4) is 0 Å². The maximum atomic E-state index is 12.3. The highest BCUT2D eigenvalue weighted by Gasteiger charge is 2.24. The molecule has 2 aliphatic rings. The third kappa shape index (κ3) is 4.51. The van der Waals surface area contributed by atoms with Gasteiger partial charge in [-0.1, -0.05) is 23.2 Å². The van der Waals surface area contributed by atoms with Gasteiger partial charge in [0.05, 0.1) is 16.1 Å². The molecule has 0 bridgehead atoms. The van der Waals surface area contributed by atoms with E-state index in [0.29, 0.717) is 21.8 Å². The summed E-state index contributed by atoms with van der Waals surface area (Å²) in [6.07, 6.45) is 2.68. The van der Waals surface area contributed by atoms with Gasteiger partial charge in [0.25, 0.3) is 0 Å². The number of anilines is 1. The monoisotopic (exact) mass is 357 g/mol. The summed E-state index contributed by atoms with van der Waals surface area (Å²) in [5.74, 6) is 0. The van der Waals surface area contributed by atoms with Crippen molar-refractivity contribution < 1.29 is 9.53 Å². The topological polar surface area (TPSA) is 44.8 Å². The summed E-state index contributed by atoms with van der Waals surface area (Å²) in [5, 5.41) is 3.78. The molecule has 5 nitrogen and oxygen atoms in total. The van der Waals surface area contributed by atoms with Gasteiger partial charge in [-0.3, -0.25) is 4.90 Å². The van der Waals surface area contributed by atoms with Gasteiger partial charge < -0.3 is 15.0 Å². The first-order valence-electron chi connectivity index (χ1n) is 7.97. The van der Waals surface area contributed by atoms with Crippen LogP contribution in [0.15, 0.2) is 18.2 Å². The molecule has 1 atom stereocenters. The normalized spacial score (nSPS) is 22.3. The fraction of sp³-hybridized carbons (Fsp3) is 0.562. The smallest absolute Gasteiger partial charge is 0.321 e. The lowest BCUT2D eigenvalue weighted by Crippen LogP contribution is -2.51. The van der Waals surface area contributed by atoms with Crippen LogP contribution < -0.4 is 5.32 Å². The summed E-state index contributed by atoms with van der Waals surface area (Å²) >= 11 is 11.8. The molecule has 0 aliphatic carbocycles. The van der Waals surface area contributed by atoms with Crippen molar-refractivity contribution in [3.05, 3.63) is 28.2 Å². The quantitative estimate of drug-likeness (QED) is 0.902. The van der Waals surface area contributed by atoms with Gasteiger partial charge in [0.15, 0.2) is 0 Å². The number of amides is 2. The van der Waals surface area contributed by atoms with E-state index in [2.05, 4.69) is 10.2 Å². The van der Waals surface area contributed by atoms with Crippen molar-refractivity contribution >= 4 is 34.9 Å². The standard InChI is InChI=1S/C16H21Cl2N3O2/c17-14-4-3-12(10-15(14)18)19-16(22)21-7-5-20(6-8-21)11-13-2-1-9-23-13/h3-4,10,13H,1-2,5-9,11H2,(H,19,22)/t13-/m1/s1. The van der Waals surface area contributed by atoms with E-state index in [1.54, 1.807) is 18.2 Å². The first kappa shape index (κ1) is 16.8. The zero-order valence-electron chi connectivity index (χ0n) is 12.9. The molecule has 0 unspecified atom stereocenters. The van der Waals surface area contributed by atoms with Gasteiger partial charge in [-0.2, -0.15) is 0 Å². The Labute approximate surface area is 146 Å². The number of urea groups is 1. The van der Waals surface area contributed by atoms with Crippen molar-refractivity contribution in [3.63, 3.8) is 0 Å². The highest BCUT2D eigenvalue weighted by molar-refractivity contribution is 6.42. The number of piperazine rings is 1. The predicted octanol–water partition coefficient (Wildman–Crippen LogP) is 3.32.